The summed E-state index contributed by atoms with van der Waals surface area (Å²) in [6.07, 6.45) is -2.04. The Morgan fingerprint density at radius 1 is 0.867 bits per heavy atom. The zero-order valence-electron chi connectivity index (χ0n) is 25.6. The van der Waals surface area contributed by atoms with Gasteiger partial charge >= 0.3 is 12.1 Å². The average molecular weight is 616 g/mol. The van der Waals surface area contributed by atoms with Crippen LogP contribution in [0.15, 0.2) is 78.9 Å². The van der Waals surface area contributed by atoms with Crippen LogP contribution in [0.25, 0.3) is 11.1 Å². The number of amides is 3. The third kappa shape index (κ3) is 6.69. The molecule has 1 aliphatic carbocycles. The number of hydrogen-bond donors (Lipinski definition) is 2. The highest BCUT2D eigenvalue weighted by Crippen LogP contribution is 2.44. The van der Waals surface area contributed by atoms with Crippen LogP contribution in [0.1, 0.15) is 55.5 Å². The van der Waals surface area contributed by atoms with Crippen molar-refractivity contribution in [2.45, 2.75) is 56.9 Å². The molecule has 0 radical (unpaired) electrons. The number of likely N-dealkylation sites (tertiary alicyclic amines) is 1. The first-order valence-electron chi connectivity index (χ1n) is 15.2. The van der Waals surface area contributed by atoms with Crippen LogP contribution < -0.4 is 10.6 Å². The molecule has 45 heavy (non-hydrogen) atoms. The van der Waals surface area contributed by atoms with Crippen LogP contribution in [0.2, 0.25) is 0 Å². The molecule has 1 aliphatic heterocycles. The van der Waals surface area contributed by atoms with E-state index in [1.807, 2.05) is 48.5 Å². The predicted molar refractivity (Wildman–Crippen MR) is 166 cm³/mol. The number of nitrogens with one attached hydrogen (secondary N) is 2. The average Bonchev–Trinajstić information content (AvgIpc) is 3.68. The van der Waals surface area contributed by atoms with Crippen LogP contribution in [0.3, 0.4) is 0 Å². The van der Waals surface area contributed by atoms with Gasteiger partial charge in [0.15, 0.2) is 6.17 Å². The SMILES string of the molecule is COC(=O)[C@@H](NC(=O)[C@@H]1CCCN1C(=O)[C@@H](NC(=O)OCC1c2ccccc2-c2ccccc21)C(F)c1ccccc1)C(C)C. The highest BCUT2D eigenvalue weighted by molar-refractivity contribution is 5.94. The van der Waals surface area contributed by atoms with Gasteiger partial charge in [0.05, 0.1) is 7.11 Å². The maximum absolute atomic E-state index is 16.1. The lowest BCUT2D eigenvalue weighted by Crippen LogP contribution is -2.57. The Hall–Kier alpha value is -4.73. The van der Waals surface area contributed by atoms with Gasteiger partial charge in [0, 0.05) is 12.5 Å². The van der Waals surface area contributed by atoms with E-state index in [4.69, 9.17) is 9.47 Å². The standard InChI is InChI=1S/C35H38FN3O6/c1-21(2)30(34(42)44-3)37-32(40)28-18-11-19-39(28)33(41)31(29(36)22-12-5-4-6-13-22)38-35(43)45-20-27-25-16-9-7-14-23(25)24-15-8-10-17-26(24)27/h4-10,12-17,21,27-31H,11,18-20H2,1-3H3,(H,37,40)(H,38,43)/t28-,29?,30-,31-/m0/s1. The van der Waals surface area contributed by atoms with E-state index in [-0.39, 0.29) is 30.6 Å². The quantitative estimate of drug-likeness (QED) is 0.314. The molecule has 1 unspecified atom stereocenters. The number of methoxy groups -OCH3 is 1. The summed E-state index contributed by atoms with van der Waals surface area (Å²) in [5.74, 6) is -2.38. The number of hydrogen-bond acceptors (Lipinski definition) is 6. The molecular weight excluding hydrogens is 577 g/mol. The van der Waals surface area contributed by atoms with Crippen LogP contribution in [-0.2, 0) is 23.9 Å². The van der Waals surface area contributed by atoms with Gasteiger partial charge < -0.3 is 25.0 Å². The monoisotopic (exact) mass is 615 g/mol. The lowest BCUT2D eigenvalue weighted by molar-refractivity contribution is -0.148. The zero-order chi connectivity index (χ0) is 32.1. The summed E-state index contributed by atoms with van der Waals surface area (Å²) in [4.78, 5) is 54.0. The minimum absolute atomic E-state index is 0.0120. The van der Waals surface area contributed by atoms with E-state index in [1.54, 1.807) is 32.0 Å². The molecule has 236 valence electrons. The number of rotatable bonds is 10. The first-order chi connectivity index (χ1) is 21.7. The minimum atomic E-state index is -1.91. The molecule has 2 aliphatic rings. The topological polar surface area (TPSA) is 114 Å². The molecule has 3 aromatic carbocycles. The van der Waals surface area contributed by atoms with E-state index in [0.29, 0.717) is 12.8 Å². The molecule has 2 N–H and O–H groups in total. The summed E-state index contributed by atoms with van der Waals surface area (Å²) in [7, 11) is 1.24. The summed E-state index contributed by atoms with van der Waals surface area (Å²) in [6.45, 7) is 3.70. The fourth-order valence-electron chi connectivity index (χ4n) is 6.21. The maximum atomic E-state index is 16.1. The molecule has 10 heteroatoms. The second kappa shape index (κ2) is 13.9. The normalized spacial score (nSPS) is 17.5. The number of nitrogens with zero attached hydrogens (tertiary/aromatic N) is 1. The van der Waals surface area contributed by atoms with Crippen LogP contribution in [-0.4, -0.2) is 67.2 Å². The largest absolute Gasteiger partial charge is 0.467 e. The number of ether oxygens (including phenoxy) is 2. The molecule has 0 spiro atoms. The van der Waals surface area contributed by atoms with Gasteiger partial charge in [-0.2, -0.15) is 0 Å². The molecule has 9 nitrogen and oxygen atoms in total. The Kier molecular flexibility index (Phi) is 9.80. The van der Waals surface area contributed by atoms with Crippen molar-refractivity contribution in [2.24, 2.45) is 5.92 Å². The number of carbonyl (C=O) groups is 4. The Bertz CT molecular complexity index is 1500. The Morgan fingerprint density at radius 3 is 2.07 bits per heavy atom. The molecule has 4 atom stereocenters. The number of esters is 1. The van der Waals surface area contributed by atoms with E-state index in [2.05, 4.69) is 10.6 Å². The molecule has 1 saturated heterocycles. The van der Waals surface area contributed by atoms with Crippen molar-refractivity contribution in [1.29, 1.82) is 0 Å². The summed E-state index contributed by atoms with van der Waals surface area (Å²) in [5, 5.41) is 5.17. The van der Waals surface area contributed by atoms with Gasteiger partial charge in [-0.25, -0.2) is 14.0 Å². The highest BCUT2D eigenvalue weighted by atomic mass is 19.1. The molecule has 3 aromatic rings. The lowest BCUT2D eigenvalue weighted by atomic mass is 9.98. The molecular formula is C35H38FN3O6. The third-order valence-corrected chi connectivity index (χ3v) is 8.55. The summed E-state index contributed by atoms with van der Waals surface area (Å²) < 4.78 is 26.6. The minimum Gasteiger partial charge on any atom is -0.467 e. The smallest absolute Gasteiger partial charge is 0.407 e. The fourth-order valence-corrected chi connectivity index (χ4v) is 6.21. The van der Waals surface area contributed by atoms with Crippen molar-refractivity contribution in [2.75, 3.05) is 20.3 Å². The number of halogens is 1. The molecule has 0 bridgehead atoms. The fraction of sp³-hybridized carbons (Fsp3) is 0.371. The lowest BCUT2D eigenvalue weighted by Gasteiger charge is -2.31. The molecule has 5 rings (SSSR count). The van der Waals surface area contributed by atoms with Crippen molar-refractivity contribution in [1.82, 2.24) is 15.5 Å². The van der Waals surface area contributed by atoms with Gasteiger partial charge in [-0.1, -0.05) is 92.7 Å². The Balaban J connectivity index is 1.33. The van der Waals surface area contributed by atoms with Crippen LogP contribution >= 0.6 is 0 Å². The Morgan fingerprint density at radius 2 is 1.47 bits per heavy atom. The van der Waals surface area contributed by atoms with Gasteiger partial charge in [-0.3, -0.25) is 9.59 Å². The van der Waals surface area contributed by atoms with E-state index in [9.17, 15) is 19.2 Å². The number of benzene rings is 3. The highest BCUT2D eigenvalue weighted by Gasteiger charge is 2.42. The number of fused-ring (bicyclic) bond motifs is 3. The Labute approximate surface area is 262 Å². The van der Waals surface area contributed by atoms with Crippen molar-refractivity contribution in [3.05, 3.63) is 95.6 Å². The van der Waals surface area contributed by atoms with E-state index in [0.717, 1.165) is 22.3 Å². The first kappa shape index (κ1) is 31.7. The number of alkyl halides is 1. The van der Waals surface area contributed by atoms with Crippen LogP contribution in [0, 0.1) is 5.92 Å². The van der Waals surface area contributed by atoms with Crippen LogP contribution in [0.5, 0.6) is 0 Å². The first-order valence-corrected chi connectivity index (χ1v) is 15.2. The summed E-state index contributed by atoms with van der Waals surface area (Å²) >= 11 is 0. The van der Waals surface area contributed by atoms with Crippen molar-refractivity contribution < 1.29 is 33.0 Å². The van der Waals surface area contributed by atoms with Crippen molar-refractivity contribution >= 4 is 23.9 Å². The summed E-state index contributed by atoms with van der Waals surface area (Å²) in [6, 6.07) is 20.3. The van der Waals surface area contributed by atoms with E-state index in [1.165, 1.54) is 24.1 Å². The van der Waals surface area contributed by atoms with Gasteiger partial charge in [0.2, 0.25) is 11.8 Å². The van der Waals surface area contributed by atoms with Crippen molar-refractivity contribution in [3.63, 3.8) is 0 Å². The predicted octanol–water partition coefficient (Wildman–Crippen LogP) is 4.91. The third-order valence-electron chi connectivity index (χ3n) is 8.55. The van der Waals surface area contributed by atoms with Gasteiger partial charge in [0.25, 0.3) is 0 Å². The zero-order valence-corrected chi connectivity index (χ0v) is 25.6. The van der Waals surface area contributed by atoms with Gasteiger partial charge in [-0.05, 0) is 46.6 Å². The van der Waals surface area contributed by atoms with Gasteiger partial charge in [-0.15, -0.1) is 0 Å². The van der Waals surface area contributed by atoms with E-state index < -0.39 is 48.2 Å². The van der Waals surface area contributed by atoms with Gasteiger partial charge in [0.1, 0.15) is 24.7 Å². The summed E-state index contributed by atoms with van der Waals surface area (Å²) in [5.41, 5.74) is 4.36. The molecule has 1 heterocycles. The molecule has 0 saturated carbocycles. The second-order valence-corrected chi connectivity index (χ2v) is 11.7. The second-order valence-electron chi connectivity index (χ2n) is 11.7. The van der Waals surface area contributed by atoms with Crippen LogP contribution in [0.4, 0.5) is 9.18 Å². The van der Waals surface area contributed by atoms with E-state index >= 15 is 4.39 Å². The molecule has 0 aromatic heterocycles. The maximum Gasteiger partial charge on any atom is 0.407 e. The molecule has 1 fully saturated rings. The van der Waals surface area contributed by atoms with Crippen molar-refractivity contribution in [3.8, 4) is 11.1 Å². The number of carbonyl (C=O) groups excluding carboxylic acids is 4. The number of alkyl carbamates (subject to hydrolysis) is 1. The molecule has 3 amide bonds.